The molecule has 1 unspecified atom stereocenters. The quantitative estimate of drug-likeness (QED) is 0.917. The van der Waals surface area contributed by atoms with Crippen molar-refractivity contribution in [3.63, 3.8) is 0 Å². The number of fused-ring (bicyclic) bond motifs is 1. The summed E-state index contributed by atoms with van der Waals surface area (Å²) in [6, 6.07) is 7.67. The van der Waals surface area contributed by atoms with Crippen LogP contribution >= 0.6 is 0 Å². The fourth-order valence-electron chi connectivity index (χ4n) is 2.62. The monoisotopic (exact) mass is 287 g/mol. The van der Waals surface area contributed by atoms with Crippen LogP contribution in [0, 0.1) is 11.8 Å². The average Bonchev–Trinajstić information content (AvgIpc) is 2.80. The molecule has 0 spiro atoms. The van der Waals surface area contributed by atoms with Crippen LogP contribution in [0.3, 0.4) is 0 Å². The molecule has 1 fully saturated rings. The largest absolute Gasteiger partial charge is 0.481 e. The lowest BCUT2D eigenvalue weighted by Gasteiger charge is -2.41. The van der Waals surface area contributed by atoms with E-state index in [1.807, 2.05) is 28.8 Å². The van der Waals surface area contributed by atoms with Crippen LogP contribution in [0.2, 0.25) is 0 Å². The Morgan fingerprint density at radius 1 is 1.38 bits per heavy atom. The lowest BCUT2D eigenvalue weighted by Crippen LogP contribution is -2.54. The van der Waals surface area contributed by atoms with Crippen LogP contribution in [0.5, 0.6) is 0 Å². The summed E-state index contributed by atoms with van der Waals surface area (Å²) in [5, 5.41) is 8.95. The third-order valence-corrected chi connectivity index (χ3v) is 4.19. The number of hydrogen-bond acceptors (Lipinski definition) is 3. The second-order valence-electron chi connectivity index (χ2n) is 5.55. The third-order valence-electron chi connectivity index (χ3n) is 4.19. The Balaban J connectivity index is 1.62. The molecular formula is C15H17N3O3. The highest BCUT2D eigenvalue weighted by molar-refractivity contribution is 5.81. The highest BCUT2D eigenvalue weighted by atomic mass is 16.4. The molecule has 0 aliphatic carbocycles. The Kier molecular flexibility index (Phi) is 3.37. The van der Waals surface area contributed by atoms with Crippen LogP contribution in [0.15, 0.2) is 30.6 Å². The minimum absolute atomic E-state index is 0.00647. The normalized spacial score (nSPS) is 16.7. The van der Waals surface area contributed by atoms with Crippen LogP contribution < -0.4 is 0 Å². The van der Waals surface area contributed by atoms with Crippen molar-refractivity contribution in [3.8, 4) is 0 Å². The van der Waals surface area contributed by atoms with Gasteiger partial charge in [-0.1, -0.05) is 19.1 Å². The Morgan fingerprint density at radius 2 is 2.10 bits per heavy atom. The van der Waals surface area contributed by atoms with Crippen LogP contribution in [0.1, 0.15) is 6.92 Å². The second kappa shape index (κ2) is 5.20. The predicted molar refractivity (Wildman–Crippen MR) is 76.6 cm³/mol. The second-order valence-corrected chi connectivity index (χ2v) is 5.55. The van der Waals surface area contributed by atoms with Gasteiger partial charge in [0.1, 0.15) is 6.54 Å². The summed E-state index contributed by atoms with van der Waals surface area (Å²) in [5.74, 6) is -1.13. The number of hydrogen-bond donors (Lipinski definition) is 1. The number of carbonyl (C=O) groups excluding carboxylic acids is 1. The van der Waals surface area contributed by atoms with Crippen molar-refractivity contribution in [2.45, 2.75) is 13.5 Å². The van der Waals surface area contributed by atoms with E-state index in [9.17, 15) is 9.59 Å². The van der Waals surface area contributed by atoms with E-state index in [-0.39, 0.29) is 18.4 Å². The molecule has 1 amide bonds. The molecule has 3 rings (SSSR count). The van der Waals surface area contributed by atoms with Gasteiger partial charge in [-0.25, -0.2) is 4.98 Å². The SMILES string of the molecule is CC(C(=O)O)C1CN(C(=O)Cn2cnc3ccccc32)C1. The molecule has 110 valence electrons. The minimum atomic E-state index is -0.798. The lowest BCUT2D eigenvalue weighted by atomic mass is 9.87. The molecule has 1 aromatic carbocycles. The topological polar surface area (TPSA) is 75.4 Å². The summed E-state index contributed by atoms with van der Waals surface area (Å²) in [5.41, 5.74) is 1.80. The number of nitrogens with zero attached hydrogens (tertiary/aromatic N) is 3. The summed E-state index contributed by atoms with van der Waals surface area (Å²) in [4.78, 5) is 29.1. The maximum atomic E-state index is 12.2. The third kappa shape index (κ3) is 2.49. The standard InChI is InChI=1S/C15H17N3O3/c1-10(15(20)21)11-6-17(7-11)14(19)8-18-9-16-12-4-2-3-5-13(12)18/h2-5,9-11H,6-8H2,1H3,(H,20,21). The molecule has 0 saturated carbocycles. The lowest BCUT2D eigenvalue weighted by molar-refractivity contribution is -0.150. The van der Waals surface area contributed by atoms with Gasteiger partial charge in [0, 0.05) is 19.0 Å². The Morgan fingerprint density at radius 3 is 2.81 bits per heavy atom. The van der Waals surface area contributed by atoms with Gasteiger partial charge in [-0.15, -0.1) is 0 Å². The first-order valence-electron chi connectivity index (χ1n) is 6.96. The van der Waals surface area contributed by atoms with Gasteiger partial charge in [-0.05, 0) is 12.1 Å². The number of rotatable bonds is 4. The van der Waals surface area contributed by atoms with Gasteiger partial charge in [-0.2, -0.15) is 0 Å². The maximum Gasteiger partial charge on any atom is 0.306 e. The number of aliphatic carboxylic acids is 1. The molecule has 1 N–H and O–H groups in total. The molecule has 0 bridgehead atoms. The molecule has 1 atom stereocenters. The average molecular weight is 287 g/mol. The van der Waals surface area contributed by atoms with Crippen molar-refractivity contribution in [3.05, 3.63) is 30.6 Å². The number of carboxylic acids is 1. The van der Waals surface area contributed by atoms with Crippen molar-refractivity contribution in [1.82, 2.24) is 14.5 Å². The minimum Gasteiger partial charge on any atom is -0.481 e. The van der Waals surface area contributed by atoms with Gasteiger partial charge in [0.2, 0.25) is 5.91 Å². The van der Waals surface area contributed by atoms with Crippen LogP contribution in [0.25, 0.3) is 11.0 Å². The Hall–Kier alpha value is -2.37. The van der Waals surface area contributed by atoms with Gasteiger partial charge < -0.3 is 14.6 Å². The zero-order valence-corrected chi connectivity index (χ0v) is 11.8. The number of carboxylic acid groups (broad SMARTS) is 1. The maximum absolute atomic E-state index is 12.2. The molecule has 2 aromatic rings. The van der Waals surface area contributed by atoms with E-state index in [2.05, 4.69) is 4.98 Å². The fraction of sp³-hybridized carbons (Fsp3) is 0.400. The number of benzene rings is 1. The molecular weight excluding hydrogens is 270 g/mol. The molecule has 1 aromatic heterocycles. The van der Waals surface area contributed by atoms with E-state index in [1.54, 1.807) is 18.2 Å². The zero-order valence-electron chi connectivity index (χ0n) is 11.8. The van der Waals surface area contributed by atoms with Gasteiger partial charge in [-0.3, -0.25) is 9.59 Å². The smallest absolute Gasteiger partial charge is 0.306 e. The van der Waals surface area contributed by atoms with Crippen molar-refractivity contribution >= 4 is 22.9 Å². The van der Waals surface area contributed by atoms with Crippen molar-refractivity contribution in [2.75, 3.05) is 13.1 Å². The number of amides is 1. The number of likely N-dealkylation sites (tertiary alicyclic amines) is 1. The highest BCUT2D eigenvalue weighted by Crippen LogP contribution is 2.24. The summed E-state index contributed by atoms with van der Waals surface area (Å²) < 4.78 is 1.83. The van der Waals surface area contributed by atoms with Gasteiger partial charge in [0.05, 0.1) is 23.3 Å². The van der Waals surface area contributed by atoms with E-state index < -0.39 is 11.9 Å². The number of para-hydroxylation sites is 2. The molecule has 1 aliphatic rings. The first-order chi connectivity index (χ1) is 10.1. The van der Waals surface area contributed by atoms with Gasteiger partial charge in [0.25, 0.3) is 0 Å². The first-order valence-corrected chi connectivity index (χ1v) is 6.96. The molecule has 1 aliphatic heterocycles. The van der Waals surface area contributed by atoms with Gasteiger partial charge >= 0.3 is 5.97 Å². The van der Waals surface area contributed by atoms with Crippen LogP contribution in [-0.2, 0) is 16.1 Å². The van der Waals surface area contributed by atoms with E-state index in [4.69, 9.17) is 5.11 Å². The number of imidazole rings is 1. The summed E-state index contributed by atoms with van der Waals surface area (Å²) >= 11 is 0. The van der Waals surface area contributed by atoms with E-state index in [1.165, 1.54) is 0 Å². The molecule has 1 saturated heterocycles. The number of aromatic nitrogens is 2. The molecule has 6 nitrogen and oxygen atoms in total. The zero-order chi connectivity index (χ0) is 15.0. The van der Waals surface area contributed by atoms with E-state index in [0.717, 1.165) is 11.0 Å². The predicted octanol–water partition coefficient (Wildman–Crippen LogP) is 1.22. The van der Waals surface area contributed by atoms with Crippen molar-refractivity contribution in [1.29, 1.82) is 0 Å². The molecule has 2 heterocycles. The molecule has 0 radical (unpaired) electrons. The van der Waals surface area contributed by atoms with Gasteiger partial charge in [0.15, 0.2) is 0 Å². The summed E-state index contributed by atoms with van der Waals surface area (Å²) in [7, 11) is 0. The van der Waals surface area contributed by atoms with Crippen LogP contribution in [0.4, 0.5) is 0 Å². The fourth-order valence-corrected chi connectivity index (χ4v) is 2.62. The Labute approximate surface area is 122 Å². The van der Waals surface area contributed by atoms with E-state index >= 15 is 0 Å². The summed E-state index contributed by atoms with van der Waals surface area (Å²) in [6.07, 6.45) is 1.67. The Bertz CT molecular complexity index is 688. The molecule has 6 heteroatoms. The van der Waals surface area contributed by atoms with Crippen molar-refractivity contribution in [2.24, 2.45) is 11.8 Å². The van der Waals surface area contributed by atoms with Crippen LogP contribution in [-0.4, -0.2) is 44.5 Å². The highest BCUT2D eigenvalue weighted by Gasteiger charge is 2.37. The number of carbonyl (C=O) groups is 2. The van der Waals surface area contributed by atoms with E-state index in [0.29, 0.717) is 13.1 Å². The molecule has 21 heavy (non-hydrogen) atoms. The summed E-state index contributed by atoms with van der Waals surface area (Å²) in [6.45, 7) is 2.99. The first kappa shape index (κ1) is 13.6. The van der Waals surface area contributed by atoms with Crippen molar-refractivity contribution < 1.29 is 14.7 Å².